The van der Waals surface area contributed by atoms with E-state index in [1.165, 1.54) is 31.0 Å². The van der Waals surface area contributed by atoms with Gasteiger partial charge in [-0.15, -0.1) is 0 Å². The molecule has 3 fully saturated rings. The molecule has 190 valence electrons. The number of nitrogens with zero attached hydrogens (tertiary/aromatic N) is 2. The summed E-state index contributed by atoms with van der Waals surface area (Å²) < 4.78 is 46.8. The number of hydrogen-bond donors (Lipinski definition) is 2. The molecule has 1 spiro atoms. The Morgan fingerprint density at radius 2 is 1.94 bits per heavy atom. The number of likely N-dealkylation sites (tertiary alicyclic amines) is 1. The second kappa shape index (κ2) is 7.38. The molecule has 2 N–H and O–H groups in total. The zero-order chi connectivity index (χ0) is 24.9. The van der Waals surface area contributed by atoms with Crippen LogP contribution in [0.1, 0.15) is 48.8 Å². The van der Waals surface area contributed by atoms with Gasteiger partial charge in [-0.3, -0.25) is 4.90 Å². The quantitative estimate of drug-likeness (QED) is 0.609. The summed E-state index contributed by atoms with van der Waals surface area (Å²) in [5.41, 5.74) is -0.496. The van der Waals surface area contributed by atoms with Crippen LogP contribution in [-0.4, -0.2) is 51.7 Å². The Bertz CT molecular complexity index is 1280. The van der Waals surface area contributed by atoms with Gasteiger partial charge in [-0.25, -0.2) is 0 Å². The summed E-state index contributed by atoms with van der Waals surface area (Å²) in [7, 11) is 0. The van der Waals surface area contributed by atoms with Crippen molar-refractivity contribution in [3.05, 3.63) is 53.1 Å². The molecule has 4 atom stereocenters. The van der Waals surface area contributed by atoms with Crippen LogP contribution in [0.15, 0.2) is 41.6 Å². The number of rotatable bonds is 4. The fourth-order valence-electron chi connectivity index (χ4n) is 7.26. The topological polar surface area (TPSA) is 74.5 Å². The number of benzene rings is 2. The molecule has 2 saturated carbocycles. The first-order valence-corrected chi connectivity index (χ1v) is 12.6. The molecule has 36 heavy (non-hydrogen) atoms. The Labute approximate surface area is 206 Å². The SMILES string of the molecule is Oc1ccc2c3c1O[C@H]1C(=NOc4ccccc4C(F)(F)F)CCC4(O)[C@@H](C2)N(CC2CC2)CC[C@]314. The van der Waals surface area contributed by atoms with Crippen molar-refractivity contribution < 1.29 is 33.0 Å². The molecule has 2 aromatic rings. The van der Waals surface area contributed by atoms with Crippen LogP contribution < -0.4 is 9.57 Å². The van der Waals surface area contributed by atoms with Gasteiger partial charge < -0.3 is 19.8 Å². The molecule has 2 aromatic carbocycles. The number of phenolic OH excluding ortho intramolecular Hbond substituents is 1. The molecule has 2 aliphatic heterocycles. The Hall–Kier alpha value is -2.78. The van der Waals surface area contributed by atoms with E-state index < -0.39 is 28.9 Å². The minimum atomic E-state index is -4.58. The van der Waals surface area contributed by atoms with Crippen molar-refractivity contribution in [3.63, 3.8) is 0 Å². The number of halogens is 3. The number of piperidine rings is 1. The van der Waals surface area contributed by atoms with E-state index in [4.69, 9.17) is 9.57 Å². The Morgan fingerprint density at radius 1 is 1.14 bits per heavy atom. The van der Waals surface area contributed by atoms with Crippen molar-refractivity contribution in [2.45, 2.75) is 67.9 Å². The summed E-state index contributed by atoms with van der Waals surface area (Å²) in [6.07, 6.45) is -0.840. The van der Waals surface area contributed by atoms with Crippen LogP contribution in [0.4, 0.5) is 13.2 Å². The summed E-state index contributed by atoms with van der Waals surface area (Å²) >= 11 is 0. The summed E-state index contributed by atoms with van der Waals surface area (Å²) in [5.74, 6) is 0.658. The first-order chi connectivity index (χ1) is 17.2. The first-order valence-electron chi connectivity index (χ1n) is 12.6. The molecule has 1 unspecified atom stereocenters. The van der Waals surface area contributed by atoms with E-state index in [1.807, 2.05) is 6.07 Å². The number of phenols is 1. The molecule has 7 rings (SSSR count). The average molecular weight is 501 g/mol. The van der Waals surface area contributed by atoms with Crippen LogP contribution in [0.5, 0.6) is 17.2 Å². The van der Waals surface area contributed by atoms with Gasteiger partial charge in [0.15, 0.2) is 23.4 Å². The Morgan fingerprint density at radius 3 is 2.72 bits per heavy atom. The van der Waals surface area contributed by atoms with E-state index in [2.05, 4.69) is 10.1 Å². The minimum absolute atomic E-state index is 0.00132. The predicted molar refractivity (Wildman–Crippen MR) is 124 cm³/mol. The second-order valence-corrected chi connectivity index (χ2v) is 10.9. The largest absolute Gasteiger partial charge is 0.504 e. The summed E-state index contributed by atoms with van der Waals surface area (Å²) in [6, 6.07) is 8.43. The van der Waals surface area contributed by atoms with Crippen molar-refractivity contribution >= 4 is 5.71 Å². The standard InChI is InChI=1S/C27H27F3N2O4/c28-27(29,30)17-3-1-2-4-20(17)36-31-18-9-10-26(34)21-13-16-7-8-19(33)23-22(16)25(26,24(18)35-23)11-12-32(21)14-15-5-6-15/h1-4,7-8,15,21,24,33-34H,5-6,9-14H2/t21-,24+,25+,26?/m1/s1. The Kier molecular flexibility index (Phi) is 4.60. The molecule has 9 heteroatoms. The number of aliphatic hydroxyl groups is 1. The van der Waals surface area contributed by atoms with E-state index in [0.717, 1.165) is 30.3 Å². The average Bonchev–Trinajstić information content (AvgIpc) is 3.58. The number of aromatic hydroxyl groups is 1. The van der Waals surface area contributed by atoms with E-state index in [-0.39, 0.29) is 17.5 Å². The highest BCUT2D eigenvalue weighted by molar-refractivity contribution is 5.94. The molecule has 6 nitrogen and oxygen atoms in total. The maximum absolute atomic E-state index is 13.5. The van der Waals surface area contributed by atoms with Gasteiger partial charge in [-0.2, -0.15) is 13.2 Å². The third-order valence-corrected chi connectivity index (χ3v) is 9.03. The van der Waals surface area contributed by atoms with Crippen LogP contribution in [0, 0.1) is 5.92 Å². The number of para-hydroxylation sites is 1. The van der Waals surface area contributed by atoms with Gasteiger partial charge in [0.2, 0.25) is 0 Å². The van der Waals surface area contributed by atoms with Gasteiger partial charge in [0.05, 0.1) is 16.7 Å². The van der Waals surface area contributed by atoms with Gasteiger partial charge in [-0.05, 0) is 74.8 Å². The molecule has 1 saturated heterocycles. The normalized spacial score (nSPS) is 33.8. The highest BCUT2D eigenvalue weighted by Crippen LogP contribution is 2.65. The van der Waals surface area contributed by atoms with Crippen LogP contribution in [0.2, 0.25) is 0 Å². The lowest BCUT2D eigenvalue weighted by molar-refractivity contribution is -0.167. The van der Waals surface area contributed by atoms with E-state index in [1.54, 1.807) is 6.07 Å². The zero-order valence-electron chi connectivity index (χ0n) is 19.6. The number of alkyl halides is 3. The van der Waals surface area contributed by atoms with Crippen LogP contribution in [0.3, 0.4) is 0 Å². The van der Waals surface area contributed by atoms with Gasteiger partial charge >= 0.3 is 6.18 Å². The zero-order valence-corrected chi connectivity index (χ0v) is 19.6. The van der Waals surface area contributed by atoms with Crippen molar-refractivity contribution in [1.82, 2.24) is 4.90 Å². The lowest BCUT2D eigenvalue weighted by Gasteiger charge is -2.63. The third-order valence-electron chi connectivity index (χ3n) is 9.03. The van der Waals surface area contributed by atoms with E-state index >= 15 is 0 Å². The van der Waals surface area contributed by atoms with Crippen LogP contribution >= 0.6 is 0 Å². The molecule has 0 aromatic heterocycles. The van der Waals surface area contributed by atoms with Crippen molar-refractivity contribution in [2.75, 3.05) is 13.1 Å². The molecule has 2 heterocycles. The van der Waals surface area contributed by atoms with Gasteiger partial charge in [0.1, 0.15) is 5.56 Å². The van der Waals surface area contributed by atoms with Crippen LogP contribution in [0.25, 0.3) is 0 Å². The Balaban J connectivity index is 1.31. The lowest BCUT2D eigenvalue weighted by Crippen LogP contribution is -2.76. The van der Waals surface area contributed by atoms with Crippen LogP contribution in [-0.2, 0) is 18.0 Å². The summed E-state index contributed by atoms with van der Waals surface area (Å²) in [5, 5.41) is 27.3. The number of hydrogen-bond acceptors (Lipinski definition) is 6. The van der Waals surface area contributed by atoms with Crippen molar-refractivity contribution in [3.8, 4) is 17.2 Å². The summed E-state index contributed by atoms with van der Waals surface area (Å²) in [4.78, 5) is 7.83. The molecule has 5 aliphatic rings. The van der Waals surface area contributed by atoms with Gasteiger partial charge in [0.25, 0.3) is 0 Å². The first kappa shape index (κ1) is 22.4. The fraction of sp³-hybridized carbons (Fsp3) is 0.519. The lowest BCUT2D eigenvalue weighted by atomic mass is 9.49. The van der Waals surface area contributed by atoms with Crippen molar-refractivity contribution in [1.29, 1.82) is 0 Å². The molecular formula is C27H27F3N2O4. The minimum Gasteiger partial charge on any atom is -0.504 e. The predicted octanol–water partition coefficient (Wildman–Crippen LogP) is 4.41. The van der Waals surface area contributed by atoms with Crippen molar-refractivity contribution in [2.24, 2.45) is 11.1 Å². The second-order valence-electron chi connectivity index (χ2n) is 10.9. The smallest absolute Gasteiger partial charge is 0.420 e. The molecule has 0 radical (unpaired) electrons. The van der Waals surface area contributed by atoms with E-state index in [0.29, 0.717) is 43.1 Å². The number of oxime groups is 1. The van der Waals surface area contributed by atoms with E-state index in [9.17, 15) is 23.4 Å². The molecular weight excluding hydrogens is 473 g/mol. The molecule has 2 bridgehead atoms. The molecule has 3 aliphatic carbocycles. The maximum atomic E-state index is 13.5. The number of ether oxygens (including phenoxy) is 1. The highest BCUT2D eigenvalue weighted by atomic mass is 19.4. The van der Waals surface area contributed by atoms with Gasteiger partial charge in [-0.1, -0.05) is 23.4 Å². The monoisotopic (exact) mass is 500 g/mol. The van der Waals surface area contributed by atoms with Gasteiger partial charge in [0, 0.05) is 18.2 Å². The fourth-order valence-corrected chi connectivity index (χ4v) is 7.26. The summed E-state index contributed by atoms with van der Waals surface area (Å²) in [6.45, 7) is 1.75. The molecule has 0 amide bonds. The maximum Gasteiger partial charge on any atom is 0.420 e. The third kappa shape index (κ3) is 2.96. The highest BCUT2D eigenvalue weighted by Gasteiger charge is 2.72.